The molecule has 3 aromatic carbocycles. The van der Waals surface area contributed by atoms with Crippen LogP contribution in [0.3, 0.4) is 0 Å². The molecule has 1 aliphatic rings. The predicted octanol–water partition coefficient (Wildman–Crippen LogP) is 5.71. The fraction of sp³-hybridized carbons (Fsp3) is 0.200. The highest BCUT2D eigenvalue weighted by Gasteiger charge is 2.19. The molecule has 0 bridgehead atoms. The standard InChI is InChI=1S/C25H20O4S/c26-24(18-5-1-2-6-19(18)25(27)28)16-8-10-23-21(14-16)20-13-15(7-9-22(20)30-23)12-17-4-3-11-29-17/h1-2,5-10,13-14,17H,3-4,11-12H2,(H,27,28). The van der Waals surface area contributed by atoms with Gasteiger partial charge in [0, 0.05) is 37.9 Å². The van der Waals surface area contributed by atoms with Crippen molar-refractivity contribution in [3.05, 3.63) is 82.9 Å². The fourth-order valence-electron chi connectivity index (χ4n) is 4.18. The van der Waals surface area contributed by atoms with Gasteiger partial charge in [0.15, 0.2) is 5.78 Å². The summed E-state index contributed by atoms with van der Waals surface area (Å²) in [6.45, 7) is 0.845. The molecule has 0 spiro atoms. The summed E-state index contributed by atoms with van der Waals surface area (Å²) in [6, 6.07) is 18.5. The molecular formula is C25H20O4S. The average molecular weight is 416 g/mol. The molecule has 1 aromatic heterocycles. The molecule has 1 atom stereocenters. The number of ketones is 1. The Kier molecular flexibility index (Phi) is 4.85. The summed E-state index contributed by atoms with van der Waals surface area (Å²) >= 11 is 1.70. The van der Waals surface area contributed by atoms with Crippen molar-refractivity contribution < 1.29 is 19.4 Å². The summed E-state index contributed by atoms with van der Waals surface area (Å²) in [4.78, 5) is 24.6. The zero-order valence-corrected chi connectivity index (χ0v) is 17.1. The van der Waals surface area contributed by atoms with E-state index < -0.39 is 5.97 Å². The van der Waals surface area contributed by atoms with Crippen LogP contribution in [0.2, 0.25) is 0 Å². The number of ether oxygens (including phenoxy) is 1. The lowest BCUT2D eigenvalue weighted by atomic mass is 9.97. The molecule has 1 aliphatic heterocycles. The topological polar surface area (TPSA) is 63.6 Å². The molecule has 0 radical (unpaired) electrons. The van der Waals surface area contributed by atoms with Crippen LogP contribution in [0.25, 0.3) is 20.2 Å². The number of hydrogen-bond donors (Lipinski definition) is 1. The van der Waals surface area contributed by atoms with Gasteiger partial charge in [-0.2, -0.15) is 0 Å². The maximum Gasteiger partial charge on any atom is 0.336 e. The molecule has 2 heterocycles. The summed E-state index contributed by atoms with van der Waals surface area (Å²) in [7, 11) is 0. The number of thiophene rings is 1. The van der Waals surface area contributed by atoms with E-state index in [1.165, 1.54) is 16.3 Å². The Morgan fingerprint density at radius 3 is 2.43 bits per heavy atom. The second-order valence-corrected chi connectivity index (χ2v) is 8.75. The lowest BCUT2D eigenvalue weighted by Crippen LogP contribution is -2.09. The normalized spacial score (nSPS) is 16.3. The lowest BCUT2D eigenvalue weighted by molar-refractivity contribution is 0.0692. The van der Waals surface area contributed by atoms with Gasteiger partial charge in [0.1, 0.15) is 0 Å². The third-order valence-electron chi connectivity index (χ3n) is 5.69. The number of hydrogen-bond acceptors (Lipinski definition) is 4. The molecule has 0 aliphatic carbocycles. The van der Waals surface area contributed by atoms with Crippen LogP contribution >= 0.6 is 11.3 Å². The summed E-state index contributed by atoms with van der Waals surface area (Å²) in [5.74, 6) is -1.37. The third kappa shape index (κ3) is 3.40. The van der Waals surface area contributed by atoms with Crippen molar-refractivity contribution in [2.75, 3.05) is 6.61 Å². The van der Waals surface area contributed by atoms with Gasteiger partial charge in [-0.1, -0.05) is 24.3 Å². The maximum atomic E-state index is 13.1. The molecule has 5 rings (SSSR count). The van der Waals surface area contributed by atoms with Crippen molar-refractivity contribution in [3.63, 3.8) is 0 Å². The molecule has 0 saturated carbocycles. The van der Waals surface area contributed by atoms with Crippen molar-refractivity contribution in [1.29, 1.82) is 0 Å². The Bertz CT molecular complexity index is 1280. The average Bonchev–Trinajstić information content (AvgIpc) is 3.40. The molecule has 0 amide bonds. The van der Waals surface area contributed by atoms with Crippen LogP contribution in [0.1, 0.15) is 44.7 Å². The van der Waals surface area contributed by atoms with E-state index in [0.717, 1.165) is 41.3 Å². The summed E-state index contributed by atoms with van der Waals surface area (Å²) in [5.41, 5.74) is 1.97. The van der Waals surface area contributed by atoms with Gasteiger partial charge in [-0.25, -0.2) is 4.79 Å². The van der Waals surface area contributed by atoms with E-state index in [9.17, 15) is 14.7 Å². The number of carbonyl (C=O) groups is 2. The molecule has 4 aromatic rings. The Balaban J connectivity index is 1.56. The van der Waals surface area contributed by atoms with Gasteiger partial charge in [-0.05, 0) is 61.2 Å². The molecule has 1 saturated heterocycles. The Labute approximate surface area is 177 Å². The van der Waals surface area contributed by atoms with E-state index in [0.29, 0.717) is 5.56 Å². The molecule has 1 N–H and O–H groups in total. The molecule has 30 heavy (non-hydrogen) atoms. The van der Waals surface area contributed by atoms with Gasteiger partial charge in [0.25, 0.3) is 0 Å². The predicted molar refractivity (Wildman–Crippen MR) is 119 cm³/mol. The number of aromatic carboxylic acids is 1. The Hall–Kier alpha value is -3.02. The first-order valence-electron chi connectivity index (χ1n) is 10.0. The number of fused-ring (bicyclic) bond motifs is 3. The Morgan fingerprint density at radius 1 is 0.967 bits per heavy atom. The summed E-state index contributed by atoms with van der Waals surface area (Å²) in [5, 5.41) is 11.6. The molecule has 1 unspecified atom stereocenters. The van der Waals surface area contributed by atoms with Crippen molar-refractivity contribution in [3.8, 4) is 0 Å². The van der Waals surface area contributed by atoms with Crippen LogP contribution in [0, 0.1) is 0 Å². The minimum atomic E-state index is -1.10. The van der Waals surface area contributed by atoms with Crippen LogP contribution < -0.4 is 0 Å². The number of carbonyl (C=O) groups excluding carboxylic acids is 1. The van der Waals surface area contributed by atoms with E-state index in [-0.39, 0.29) is 23.0 Å². The van der Waals surface area contributed by atoms with E-state index in [4.69, 9.17) is 4.74 Å². The first kappa shape index (κ1) is 19.0. The van der Waals surface area contributed by atoms with Gasteiger partial charge in [0.2, 0.25) is 0 Å². The maximum absolute atomic E-state index is 13.1. The second-order valence-electron chi connectivity index (χ2n) is 7.66. The quantitative estimate of drug-likeness (QED) is 0.424. The zero-order chi connectivity index (χ0) is 20.7. The van der Waals surface area contributed by atoms with E-state index >= 15 is 0 Å². The Morgan fingerprint density at radius 2 is 1.70 bits per heavy atom. The van der Waals surface area contributed by atoms with E-state index in [1.807, 2.05) is 12.1 Å². The van der Waals surface area contributed by atoms with Crippen molar-refractivity contribution in [2.24, 2.45) is 0 Å². The molecule has 5 heteroatoms. The smallest absolute Gasteiger partial charge is 0.336 e. The summed E-state index contributed by atoms with van der Waals surface area (Å²) in [6.07, 6.45) is 3.41. The van der Waals surface area contributed by atoms with Crippen LogP contribution in [-0.4, -0.2) is 29.6 Å². The minimum absolute atomic E-state index is 0.0247. The zero-order valence-electron chi connectivity index (χ0n) is 16.3. The number of carboxylic acids is 1. The van der Waals surface area contributed by atoms with Crippen LogP contribution in [0.5, 0.6) is 0 Å². The van der Waals surface area contributed by atoms with Gasteiger partial charge < -0.3 is 9.84 Å². The van der Waals surface area contributed by atoms with E-state index in [1.54, 1.807) is 35.6 Å². The minimum Gasteiger partial charge on any atom is -0.478 e. The summed E-state index contributed by atoms with van der Waals surface area (Å²) < 4.78 is 8.07. The van der Waals surface area contributed by atoms with Crippen molar-refractivity contribution in [1.82, 2.24) is 0 Å². The van der Waals surface area contributed by atoms with Crippen LogP contribution in [0.15, 0.2) is 60.7 Å². The number of rotatable bonds is 5. The first-order valence-corrected chi connectivity index (χ1v) is 10.9. The van der Waals surface area contributed by atoms with Gasteiger partial charge in [-0.3, -0.25) is 4.79 Å². The largest absolute Gasteiger partial charge is 0.478 e. The molecule has 150 valence electrons. The second kappa shape index (κ2) is 7.67. The SMILES string of the molecule is O=C(O)c1ccccc1C(=O)c1ccc2sc3ccc(CC4CCCO4)cc3c2c1. The van der Waals surface area contributed by atoms with E-state index in [2.05, 4.69) is 18.2 Å². The molecular weight excluding hydrogens is 396 g/mol. The van der Waals surface area contributed by atoms with Gasteiger partial charge in [-0.15, -0.1) is 11.3 Å². The third-order valence-corrected chi connectivity index (χ3v) is 6.84. The van der Waals surface area contributed by atoms with Gasteiger partial charge >= 0.3 is 5.97 Å². The number of benzene rings is 3. The number of carboxylic acid groups (broad SMARTS) is 1. The fourth-order valence-corrected chi connectivity index (χ4v) is 5.25. The van der Waals surface area contributed by atoms with Crippen molar-refractivity contribution >= 4 is 43.3 Å². The highest BCUT2D eigenvalue weighted by Crippen LogP contribution is 2.36. The highest BCUT2D eigenvalue weighted by atomic mass is 32.1. The van der Waals surface area contributed by atoms with Gasteiger partial charge in [0.05, 0.1) is 11.7 Å². The monoisotopic (exact) mass is 416 g/mol. The molecule has 4 nitrogen and oxygen atoms in total. The molecule has 1 fully saturated rings. The lowest BCUT2D eigenvalue weighted by Gasteiger charge is -2.09. The van der Waals surface area contributed by atoms with Crippen LogP contribution in [0.4, 0.5) is 0 Å². The van der Waals surface area contributed by atoms with Crippen molar-refractivity contribution in [2.45, 2.75) is 25.4 Å². The first-order chi connectivity index (χ1) is 14.6. The highest BCUT2D eigenvalue weighted by molar-refractivity contribution is 7.25. The van der Waals surface area contributed by atoms with Crippen LogP contribution in [-0.2, 0) is 11.2 Å².